The SMILES string of the molecule is C#CCOc1ccccc1CNc1ccc(F)cc1. The Hall–Kier alpha value is -2.47. The molecule has 2 aromatic rings. The number of nitrogens with one attached hydrogen (secondary N) is 1. The van der Waals surface area contributed by atoms with Crippen molar-refractivity contribution in [2.24, 2.45) is 0 Å². The van der Waals surface area contributed by atoms with Crippen LogP contribution in [0.15, 0.2) is 48.5 Å². The maximum Gasteiger partial charge on any atom is 0.148 e. The van der Waals surface area contributed by atoms with Crippen LogP contribution in [0.3, 0.4) is 0 Å². The summed E-state index contributed by atoms with van der Waals surface area (Å²) >= 11 is 0. The molecule has 0 saturated carbocycles. The Morgan fingerprint density at radius 1 is 1.11 bits per heavy atom. The zero-order valence-corrected chi connectivity index (χ0v) is 10.4. The highest BCUT2D eigenvalue weighted by Crippen LogP contribution is 2.19. The van der Waals surface area contributed by atoms with Crippen LogP contribution in [0.1, 0.15) is 5.56 Å². The third-order valence-electron chi connectivity index (χ3n) is 2.61. The van der Waals surface area contributed by atoms with Gasteiger partial charge >= 0.3 is 0 Å². The van der Waals surface area contributed by atoms with E-state index in [0.717, 1.165) is 17.0 Å². The molecule has 0 aromatic heterocycles. The van der Waals surface area contributed by atoms with Crippen LogP contribution in [0.4, 0.5) is 10.1 Å². The van der Waals surface area contributed by atoms with Gasteiger partial charge in [0.15, 0.2) is 0 Å². The number of anilines is 1. The van der Waals surface area contributed by atoms with Gasteiger partial charge in [0.25, 0.3) is 0 Å². The molecular formula is C16H14FNO. The van der Waals surface area contributed by atoms with Gasteiger partial charge in [-0.15, -0.1) is 6.42 Å². The summed E-state index contributed by atoms with van der Waals surface area (Å²) in [4.78, 5) is 0. The highest BCUT2D eigenvalue weighted by Gasteiger charge is 2.02. The van der Waals surface area contributed by atoms with Gasteiger partial charge in [0, 0.05) is 17.8 Å². The molecule has 2 nitrogen and oxygen atoms in total. The summed E-state index contributed by atoms with van der Waals surface area (Å²) in [5, 5.41) is 3.21. The van der Waals surface area contributed by atoms with Gasteiger partial charge in [-0.05, 0) is 30.3 Å². The van der Waals surface area contributed by atoms with Gasteiger partial charge in [0.1, 0.15) is 18.2 Å². The van der Waals surface area contributed by atoms with Crippen molar-refractivity contribution in [1.82, 2.24) is 0 Å². The molecule has 96 valence electrons. The molecule has 0 aliphatic heterocycles. The largest absolute Gasteiger partial charge is 0.481 e. The number of terminal acetylenes is 1. The Balaban J connectivity index is 2.03. The molecule has 0 heterocycles. The van der Waals surface area contributed by atoms with Crippen LogP contribution >= 0.6 is 0 Å². The van der Waals surface area contributed by atoms with E-state index in [1.807, 2.05) is 24.3 Å². The van der Waals surface area contributed by atoms with Crippen molar-refractivity contribution < 1.29 is 9.13 Å². The van der Waals surface area contributed by atoms with Gasteiger partial charge in [-0.2, -0.15) is 0 Å². The first kappa shape index (κ1) is 13.0. The average Bonchev–Trinajstić information content (AvgIpc) is 2.45. The Labute approximate surface area is 112 Å². The molecular weight excluding hydrogens is 241 g/mol. The van der Waals surface area contributed by atoms with E-state index in [-0.39, 0.29) is 12.4 Å². The first-order valence-corrected chi connectivity index (χ1v) is 5.93. The van der Waals surface area contributed by atoms with Crippen molar-refractivity contribution in [2.75, 3.05) is 11.9 Å². The summed E-state index contributed by atoms with van der Waals surface area (Å²) in [7, 11) is 0. The van der Waals surface area contributed by atoms with E-state index in [1.165, 1.54) is 12.1 Å². The molecule has 0 atom stereocenters. The van der Waals surface area contributed by atoms with Gasteiger partial charge in [-0.3, -0.25) is 0 Å². The molecule has 0 aliphatic rings. The van der Waals surface area contributed by atoms with Gasteiger partial charge < -0.3 is 10.1 Å². The van der Waals surface area contributed by atoms with Gasteiger partial charge in [0.05, 0.1) is 0 Å². The topological polar surface area (TPSA) is 21.3 Å². The number of hydrogen-bond acceptors (Lipinski definition) is 2. The predicted octanol–water partition coefficient (Wildman–Crippen LogP) is 3.45. The van der Waals surface area contributed by atoms with Crippen LogP contribution in [0, 0.1) is 18.2 Å². The van der Waals surface area contributed by atoms with Crippen LogP contribution in [0.2, 0.25) is 0 Å². The van der Waals surface area contributed by atoms with E-state index < -0.39 is 0 Å². The van der Waals surface area contributed by atoms with Crippen molar-refractivity contribution in [1.29, 1.82) is 0 Å². The predicted molar refractivity (Wildman–Crippen MR) is 74.5 cm³/mol. The number of para-hydroxylation sites is 1. The van der Waals surface area contributed by atoms with Crippen molar-refractivity contribution in [3.8, 4) is 18.1 Å². The fraction of sp³-hybridized carbons (Fsp3) is 0.125. The highest BCUT2D eigenvalue weighted by atomic mass is 19.1. The zero-order chi connectivity index (χ0) is 13.5. The lowest BCUT2D eigenvalue weighted by Gasteiger charge is -2.11. The maximum absolute atomic E-state index is 12.8. The smallest absolute Gasteiger partial charge is 0.148 e. The average molecular weight is 255 g/mol. The molecule has 0 fully saturated rings. The Bertz CT molecular complexity index is 572. The van der Waals surface area contributed by atoms with Gasteiger partial charge in [-0.1, -0.05) is 24.1 Å². The quantitative estimate of drug-likeness (QED) is 0.826. The minimum atomic E-state index is -0.247. The second-order valence-electron chi connectivity index (χ2n) is 3.96. The van der Waals surface area contributed by atoms with Crippen LogP contribution in [0.5, 0.6) is 5.75 Å². The standard InChI is InChI=1S/C16H14FNO/c1-2-11-19-16-6-4-3-5-13(16)12-18-15-9-7-14(17)8-10-15/h1,3-10,18H,11-12H2. The van der Waals surface area contributed by atoms with Crippen molar-refractivity contribution in [3.05, 3.63) is 59.9 Å². The minimum Gasteiger partial charge on any atom is -0.481 e. The summed E-state index contributed by atoms with van der Waals surface area (Å²) in [5.74, 6) is 2.95. The van der Waals surface area contributed by atoms with Gasteiger partial charge in [-0.25, -0.2) is 4.39 Å². The number of benzene rings is 2. The van der Waals surface area contributed by atoms with Crippen molar-refractivity contribution >= 4 is 5.69 Å². The Kier molecular flexibility index (Phi) is 4.41. The van der Waals surface area contributed by atoms with Crippen LogP contribution in [-0.2, 0) is 6.54 Å². The number of hydrogen-bond donors (Lipinski definition) is 1. The summed E-state index contributed by atoms with van der Waals surface area (Å²) in [6.07, 6.45) is 5.18. The lowest BCUT2D eigenvalue weighted by molar-refractivity contribution is 0.366. The number of ether oxygens (including phenoxy) is 1. The molecule has 0 saturated heterocycles. The molecule has 2 aromatic carbocycles. The normalized spacial score (nSPS) is 9.68. The fourth-order valence-corrected chi connectivity index (χ4v) is 1.68. The molecule has 2 rings (SSSR count). The molecule has 0 aliphatic carbocycles. The highest BCUT2D eigenvalue weighted by molar-refractivity contribution is 5.45. The molecule has 0 radical (unpaired) electrons. The molecule has 0 spiro atoms. The monoisotopic (exact) mass is 255 g/mol. The number of halogens is 1. The van der Waals surface area contributed by atoms with Crippen LogP contribution < -0.4 is 10.1 Å². The third-order valence-corrected chi connectivity index (χ3v) is 2.61. The third kappa shape index (κ3) is 3.75. The molecule has 0 amide bonds. The fourth-order valence-electron chi connectivity index (χ4n) is 1.68. The first-order chi connectivity index (χ1) is 9.29. The van der Waals surface area contributed by atoms with E-state index in [9.17, 15) is 4.39 Å². The molecule has 19 heavy (non-hydrogen) atoms. The van der Waals surface area contributed by atoms with E-state index in [2.05, 4.69) is 11.2 Å². The van der Waals surface area contributed by atoms with E-state index in [4.69, 9.17) is 11.2 Å². The van der Waals surface area contributed by atoms with E-state index in [0.29, 0.717) is 6.54 Å². The molecule has 3 heteroatoms. The van der Waals surface area contributed by atoms with Crippen LogP contribution in [-0.4, -0.2) is 6.61 Å². The van der Waals surface area contributed by atoms with Gasteiger partial charge in [0.2, 0.25) is 0 Å². The summed E-state index contributed by atoms with van der Waals surface area (Å²) < 4.78 is 18.2. The minimum absolute atomic E-state index is 0.244. The van der Waals surface area contributed by atoms with Crippen molar-refractivity contribution in [2.45, 2.75) is 6.54 Å². The van der Waals surface area contributed by atoms with Crippen molar-refractivity contribution in [3.63, 3.8) is 0 Å². The first-order valence-electron chi connectivity index (χ1n) is 5.93. The van der Waals surface area contributed by atoms with E-state index in [1.54, 1.807) is 12.1 Å². The van der Waals surface area contributed by atoms with Crippen LogP contribution in [0.25, 0.3) is 0 Å². The Morgan fingerprint density at radius 3 is 2.58 bits per heavy atom. The second kappa shape index (κ2) is 6.46. The zero-order valence-electron chi connectivity index (χ0n) is 10.4. The summed E-state index contributed by atoms with van der Waals surface area (Å²) in [5.41, 5.74) is 1.86. The maximum atomic E-state index is 12.8. The summed E-state index contributed by atoms with van der Waals surface area (Å²) in [6.45, 7) is 0.833. The molecule has 1 N–H and O–H groups in total. The molecule has 0 bridgehead atoms. The van der Waals surface area contributed by atoms with E-state index >= 15 is 0 Å². The number of rotatable bonds is 5. The lowest BCUT2D eigenvalue weighted by Crippen LogP contribution is -2.03. The molecule has 0 unspecified atom stereocenters. The Morgan fingerprint density at radius 2 is 1.84 bits per heavy atom. The second-order valence-corrected chi connectivity index (χ2v) is 3.96. The lowest BCUT2D eigenvalue weighted by atomic mass is 10.2. The summed E-state index contributed by atoms with van der Waals surface area (Å²) in [6, 6.07) is 13.9.